The number of carbonyl (C=O) groups is 2. The molecule has 0 fully saturated rings. The van der Waals surface area contributed by atoms with Gasteiger partial charge in [-0.15, -0.1) is 0 Å². The van der Waals surface area contributed by atoms with Crippen molar-refractivity contribution in [2.24, 2.45) is 0 Å². The van der Waals surface area contributed by atoms with Gasteiger partial charge in [0, 0.05) is 41.8 Å². The van der Waals surface area contributed by atoms with Crippen molar-refractivity contribution in [1.82, 2.24) is 29.5 Å². The molecule has 0 saturated carbocycles. The van der Waals surface area contributed by atoms with Crippen molar-refractivity contribution < 1.29 is 24.4 Å². The molecule has 13 heteroatoms. The van der Waals surface area contributed by atoms with Gasteiger partial charge in [0.05, 0.1) is 22.8 Å². The van der Waals surface area contributed by atoms with Crippen LogP contribution < -0.4 is 0 Å². The smallest absolute Gasteiger partial charge is 0.342 e. The van der Waals surface area contributed by atoms with Gasteiger partial charge in [0.15, 0.2) is 5.82 Å². The number of nitrogens with zero attached hydrogens (tertiary/aromatic N) is 5. The molecule has 4 aromatic heterocycles. The Labute approximate surface area is 281 Å². The summed E-state index contributed by atoms with van der Waals surface area (Å²) < 4.78 is 6.88. The normalized spacial score (nSPS) is 12.7. The van der Waals surface area contributed by atoms with Gasteiger partial charge in [0.25, 0.3) is 0 Å². The molecule has 0 aliphatic carbocycles. The molecule has 6 heterocycles. The number of carboxylic acid groups (broad SMARTS) is 1. The first-order valence-electron chi connectivity index (χ1n) is 16.0. The molecule has 0 unspecified atom stereocenters. The predicted octanol–water partition coefficient (Wildman–Crippen LogP) is 6.88. The number of nitro groups is 1. The Hall–Kier alpha value is -5.85. The van der Waals surface area contributed by atoms with Gasteiger partial charge in [0.2, 0.25) is 0 Å². The maximum Gasteiger partial charge on any atom is 0.342 e. The number of fused-ring (bicyclic) bond motifs is 8. The minimum absolute atomic E-state index is 0.0332. The van der Waals surface area contributed by atoms with E-state index < -0.39 is 16.9 Å². The molecule has 0 radical (unpaired) electrons. The highest BCUT2D eigenvalue weighted by Crippen LogP contribution is 2.35. The number of carboxylic acids is 1. The summed E-state index contributed by atoms with van der Waals surface area (Å²) in [6.45, 7) is 9.73. The minimum atomic E-state index is -0.894. The van der Waals surface area contributed by atoms with Crippen LogP contribution in [-0.2, 0) is 27.3 Å². The van der Waals surface area contributed by atoms with E-state index in [0.717, 1.165) is 72.6 Å². The second-order valence-electron chi connectivity index (χ2n) is 12.4. The fraction of sp³-hybridized carbons (Fsp3) is 0.306. The maximum absolute atomic E-state index is 12.9. The van der Waals surface area contributed by atoms with Crippen LogP contribution in [0.4, 0.5) is 5.82 Å². The summed E-state index contributed by atoms with van der Waals surface area (Å²) in [5.74, 6) is -1.03. The van der Waals surface area contributed by atoms with Gasteiger partial charge >= 0.3 is 17.8 Å². The fourth-order valence-electron chi connectivity index (χ4n) is 6.31. The monoisotopic (exact) mass is 663 g/mol. The third kappa shape index (κ3) is 6.91. The number of allylic oxidation sites excluding steroid dienone is 3. The molecule has 2 aliphatic heterocycles. The molecule has 0 amide bonds. The Kier molecular flexibility index (Phi) is 9.00. The number of H-pyrrole nitrogens is 2. The number of esters is 1. The predicted molar refractivity (Wildman–Crippen MR) is 186 cm³/mol. The highest BCUT2D eigenvalue weighted by atomic mass is 16.6. The number of carbonyl (C=O) groups excluding carboxylic acids is 1. The van der Waals surface area contributed by atoms with E-state index in [0.29, 0.717) is 24.4 Å². The largest absolute Gasteiger partial charge is 0.481 e. The lowest BCUT2D eigenvalue weighted by Crippen LogP contribution is -2.14. The van der Waals surface area contributed by atoms with E-state index in [1.165, 1.54) is 10.8 Å². The number of aryl methyl sites for hydroxylation is 4. The maximum atomic E-state index is 12.9. The fourth-order valence-corrected chi connectivity index (χ4v) is 6.31. The van der Waals surface area contributed by atoms with E-state index in [1.807, 2.05) is 58.0 Å². The van der Waals surface area contributed by atoms with Crippen LogP contribution in [0.25, 0.3) is 44.9 Å². The van der Waals surface area contributed by atoms with Crippen LogP contribution in [0.15, 0.2) is 36.5 Å². The SMILES string of the molecule is CC1=Cc2cc3[nH]c(cc3C)cc3[nH]c(cc4nc(cc1n2)C(C)=C4CCC(=O)O)c(CCC(=O)OCCn1c([N+](=O)[O-])cnc1C)c3C. The summed E-state index contributed by atoms with van der Waals surface area (Å²) >= 11 is 0. The molecule has 8 bridgehead atoms. The van der Waals surface area contributed by atoms with E-state index in [2.05, 4.69) is 21.0 Å². The first-order chi connectivity index (χ1) is 23.4. The van der Waals surface area contributed by atoms with Crippen molar-refractivity contribution in [3.63, 3.8) is 0 Å². The number of aromatic nitrogens is 6. The molecule has 252 valence electrons. The Morgan fingerprint density at radius 2 is 1.71 bits per heavy atom. The van der Waals surface area contributed by atoms with Crippen LogP contribution in [0.5, 0.6) is 0 Å². The van der Waals surface area contributed by atoms with Crippen molar-refractivity contribution in [1.29, 1.82) is 0 Å². The van der Waals surface area contributed by atoms with Gasteiger partial charge in [-0.3, -0.25) is 9.59 Å². The van der Waals surface area contributed by atoms with Crippen LogP contribution in [0.2, 0.25) is 0 Å². The lowest BCUT2D eigenvalue weighted by Gasteiger charge is -2.06. The van der Waals surface area contributed by atoms with E-state index in [1.54, 1.807) is 6.92 Å². The minimum Gasteiger partial charge on any atom is -0.481 e. The van der Waals surface area contributed by atoms with Crippen LogP contribution in [0.3, 0.4) is 0 Å². The van der Waals surface area contributed by atoms with Crippen molar-refractivity contribution in [3.8, 4) is 0 Å². The summed E-state index contributed by atoms with van der Waals surface area (Å²) in [5.41, 5.74) is 12.1. The highest BCUT2D eigenvalue weighted by molar-refractivity contribution is 5.94. The summed E-state index contributed by atoms with van der Waals surface area (Å²) in [4.78, 5) is 56.1. The highest BCUT2D eigenvalue weighted by Gasteiger charge is 2.21. The molecule has 6 rings (SSSR count). The second-order valence-corrected chi connectivity index (χ2v) is 12.4. The summed E-state index contributed by atoms with van der Waals surface area (Å²) in [7, 11) is 0. The Morgan fingerprint density at radius 3 is 2.47 bits per heavy atom. The van der Waals surface area contributed by atoms with E-state index in [9.17, 15) is 24.8 Å². The van der Waals surface area contributed by atoms with Gasteiger partial charge in [-0.05, 0) is 115 Å². The molecular weight excluding hydrogens is 626 g/mol. The average molecular weight is 664 g/mol. The summed E-state index contributed by atoms with van der Waals surface area (Å²) in [5, 5.41) is 20.8. The molecule has 13 nitrogen and oxygen atoms in total. The molecule has 3 N–H and O–H groups in total. The first kappa shape index (κ1) is 33.1. The van der Waals surface area contributed by atoms with E-state index in [-0.39, 0.29) is 31.8 Å². The van der Waals surface area contributed by atoms with E-state index >= 15 is 0 Å². The lowest BCUT2D eigenvalue weighted by atomic mass is 10.0. The molecule has 4 aromatic rings. The number of aliphatic carboxylic acids is 1. The van der Waals surface area contributed by atoms with E-state index in [4.69, 9.17) is 14.7 Å². The number of nitrogens with one attached hydrogen (secondary N) is 2. The number of ether oxygens (including phenoxy) is 1. The molecule has 0 saturated heterocycles. The number of aromatic amines is 2. The van der Waals surface area contributed by atoms with Crippen molar-refractivity contribution in [3.05, 3.63) is 91.9 Å². The zero-order valence-electron chi connectivity index (χ0n) is 28.0. The number of imidazole rings is 1. The number of hydrogen-bond acceptors (Lipinski definition) is 8. The second kappa shape index (κ2) is 13.3. The van der Waals surface area contributed by atoms with Crippen molar-refractivity contribution in [2.45, 2.75) is 66.8 Å². The quantitative estimate of drug-likeness (QED) is 0.0925. The molecule has 49 heavy (non-hydrogen) atoms. The van der Waals surface area contributed by atoms with Gasteiger partial charge < -0.3 is 29.9 Å². The van der Waals surface area contributed by atoms with Crippen LogP contribution in [0.1, 0.15) is 78.4 Å². The third-order valence-corrected chi connectivity index (χ3v) is 9.05. The summed E-state index contributed by atoms with van der Waals surface area (Å²) in [6.07, 6.45) is 3.91. The zero-order chi connectivity index (χ0) is 35.0. The third-order valence-electron chi connectivity index (χ3n) is 9.05. The van der Waals surface area contributed by atoms with Crippen LogP contribution in [-0.4, -0.2) is 58.1 Å². The van der Waals surface area contributed by atoms with Crippen molar-refractivity contribution in [2.75, 3.05) is 6.61 Å². The molecule has 0 spiro atoms. The molecule has 2 aliphatic rings. The summed E-state index contributed by atoms with van der Waals surface area (Å²) in [6, 6.07) is 9.97. The van der Waals surface area contributed by atoms with Gasteiger partial charge in [-0.25, -0.2) is 19.5 Å². The Balaban J connectivity index is 1.41. The number of rotatable bonds is 10. The molecular formula is C36H37N7O6. The first-order valence-corrected chi connectivity index (χ1v) is 16.0. The van der Waals surface area contributed by atoms with Crippen LogP contribution in [0, 0.1) is 30.9 Å². The number of hydrogen-bond donors (Lipinski definition) is 3. The molecule has 0 aromatic carbocycles. The van der Waals surface area contributed by atoms with Crippen LogP contribution >= 0.6 is 0 Å². The lowest BCUT2D eigenvalue weighted by molar-refractivity contribution is -0.392. The topological polar surface area (TPSA) is 182 Å². The zero-order valence-corrected chi connectivity index (χ0v) is 28.0. The Bertz CT molecular complexity index is 2250. The van der Waals surface area contributed by atoms with Gasteiger partial charge in [0.1, 0.15) is 19.3 Å². The Morgan fingerprint density at radius 1 is 0.918 bits per heavy atom. The standard InChI is InChI=1S/C36H37N7O6/c1-19-12-25-15-30-21(3)27(7-9-36(46)49-11-10-42-23(5)37-18-34(42)43(47)48)33(40-30)17-32-26(6-8-35(44)45)22(4)31(41-32)16-29-20(2)13-24(39-29)14-28(19)38-25/h12-18,38,40H,6-11H2,1-5H3,(H,44,45). The van der Waals surface area contributed by atoms with Gasteiger partial charge in [-0.2, -0.15) is 0 Å². The van der Waals surface area contributed by atoms with Crippen molar-refractivity contribution >= 4 is 62.6 Å². The molecule has 0 atom stereocenters. The van der Waals surface area contributed by atoms with Gasteiger partial charge in [-0.1, -0.05) is 0 Å². The average Bonchev–Trinajstić information content (AvgIpc) is 3.81.